The topological polar surface area (TPSA) is 65.5 Å². The van der Waals surface area contributed by atoms with Gasteiger partial charge in [0, 0.05) is 24.9 Å². The van der Waals surface area contributed by atoms with Gasteiger partial charge in [0.15, 0.2) is 0 Å². The van der Waals surface area contributed by atoms with E-state index in [0.717, 1.165) is 6.54 Å². The molecule has 1 aromatic heterocycles. The monoisotopic (exact) mass is 273 g/mol. The number of fused-ring (bicyclic) bond motifs is 3. The number of aromatic nitrogens is 1. The zero-order valence-electron chi connectivity index (χ0n) is 11.3. The molecule has 4 heterocycles. The second-order valence-corrected chi connectivity index (χ2v) is 5.56. The molecule has 3 aliphatic heterocycles. The van der Waals surface area contributed by atoms with Crippen LogP contribution in [0, 0.1) is 5.92 Å². The fraction of sp³-hybridized carbons (Fsp3) is 0.467. The SMILES string of the molecule is O=C(/C=C/c1cncc(O)c1)N[C@H]1CN2CCC1CC2. The molecule has 0 aromatic carbocycles. The number of piperidine rings is 3. The third-order valence-electron chi connectivity index (χ3n) is 4.16. The molecule has 5 heteroatoms. The molecular weight excluding hydrogens is 254 g/mol. The van der Waals surface area contributed by atoms with Gasteiger partial charge in [0.1, 0.15) is 5.75 Å². The number of carbonyl (C=O) groups is 1. The van der Waals surface area contributed by atoms with Crippen molar-refractivity contribution >= 4 is 12.0 Å². The Labute approximate surface area is 118 Å². The maximum Gasteiger partial charge on any atom is 0.244 e. The number of amides is 1. The molecule has 3 aliphatic rings. The van der Waals surface area contributed by atoms with E-state index in [1.165, 1.54) is 38.2 Å². The van der Waals surface area contributed by atoms with Gasteiger partial charge in [0.25, 0.3) is 0 Å². The summed E-state index contributed by atoms with van der Waals surface area (Å²) in [7, 11) is 0. The average Bonchev–Trinajstić information content (AvgIpc) is 2.46. The molecule has 2 bridgehead atoms. The molecule has 0 unspecified atom stereocenters. The Bertz CT molecular complexity index is 522. The Kier molecular flexibility index (Phi) is 3.69. The van der Waals surface area contributed by atoms with E-state index in [1.807, 2.05) is 0 Å². The van der Waals surface area contributed by atoms with Gasteiger partial charge in [0.05, 0.1) is 6.20 Å². The van der Waals surface area contributed by atoms with Gasteiger partial charge in [-0.25, -0.2) is 0 Å². The maximum absolute atomic E-state index is 11.9. The fourth-order valence-electron chi connectivity index (χ4n) is 3.07. The number of hydrogen-bond acceptors (Lipinski definition) is 4. The summed E-state index contributed by atoms with van der Waals surface area (Å²) >= 11 is 0. The van der Waals surface area contributed by atoms with E-state index in [-0.39, 0.29) is 17.7 Å². The molecule has 4 rings (SSSR count). The van der Waals surface area contributed by atoms with E-state index in [0.29, 0.717) is 11.5 Å². The Morgan fingerprint density at radius 3 is 2.85 bits per heavy atom. The average molecular weight is 273 g/mol. The van der Waals surface area contributed by atoms with Gasteiger partial charge in [-0.1, -0.05) is 0 Å². The summed E-state index contributed by atoms with van der Waals surface area (Å²) in [5.74, 6) is 0.650. The molecule has 0 radical (unpaired) electrons. The molecule has 1 atom stereocenters. The lowest BCUT2D eigenvalue weighted by Crippen LogP contribution is -2.57. The number of pyridine rings is 1. The first-order valence-electron chi connectivity index (χ1n) is 7.05. The molecular formula is C15H19N3O2. The Morgan fingerprint density at radius 1 is 1.40 bits per heavy atom. The molecule has 0 spiro atoms. The molecule has 3 saturated heterocycles. The first-order valence-corrected chi connectivity index (χ1v) is 7.05. The number of carbonyl (C=O) groups excluding carboxylic acids is 1. The van der Waals surface area contributed by atoms with Gasteiger partial charge < -0.3 is 15.3 Å². The predicted molar refractivity (Wildman–Crippen MR) is 76.0 cm³/mol. The standard InChI is InChI=1S/C15H19N3O2/c19-13-7-11(8-16-9-13)1-2-15(20)17-14-10-18-5-3-12(14)4-6-18/h1-2,7-9,12,14,19H,3-6,10H2,(H,17,20)/b2-1+/t14-/m0/s1. The van der Waals surface area contributed by atoms with Crippen molar-refractivity contribution in [3.63, 3.8) is 0 Å². The van der Waals surface area contributed by atoms with Crippen molar-refractivity contribution < 1.29 is 9.90 Å². The van der Waals surface area contributed by atoms with Gasteiger partial charge in [-0.3, -0.25) is 9.78 Å². The van der Waals surface area contributed by atoms with Crippen LogP contribution in [0.2, 0.25) is 0 Å². The van der Waals surface area contributed by atoms with Crippen LogP contribution in [-0.4, -0.2) is 46.6 Å². The van der Waals surface area contributed by atoms with E-state index in [4.69, 9.17) is 0 Å². The van der Waals surface area contributed by atoms with Crippen LogP contribution in [0.25, 0.3) is 6.08 Å². The molecule has 20 heavy (non-hydrogen) atoms. The Morgan fingerprint density at radius 2 is 2.20 bits per heavy atom. The predicted octanol–water partition coefficient (Wildman–Crippen LogP) is 1.01. The van der Waals surface area contributed by atoms with Crippen molar-refractivity contribution in [1.29, 1.82) is 0 Å². The molecule has 2 N–H and O–H groups in total. The molecule has 3 fully saturated rings. The lowest BCUT2D eigenvalue weighted by atomic mass is 9.84. The van der Waals surface area contributed by atoms with Crippen molar-refractivity contribution in [2.45, 2.75) is 18.9 Å². The highest BCUT2D eigenvalue weighted by Gasteiger charge is 2.34. The van der Waals surface area contributed by atoms with Crippen molar-refractivity contribution in [3.05, 3.63) is 30.1 Å². The summed E-state index contributed by atoms with van der Waals surface area (Å²) < 4.78 is 0. The number of nitrogens with one attached hydrogen (secondary N) is 1. The van der Waals surface area contributed by atoms with Crippen LogP contribution in [-0.2, 0) is 4.79 Å². The normalized spacial score (nSPS) is 28.7. The van der Waals surface area contributed by atoms with E-state index in [1.54, 1.807) is 18.3 Å². The minimum Gasteiger partial charge on any atom is -0.506 e. The Balaban J connectivity index is 1.57. The van der Waals surface area contributed by atoms with Gasteiger partial charge in [-0.05, 0) is 49.6 Å². The van der Waals surface area contributed by atoms with Gasteiger partial charge in [-0.15, -0.1) is 0 Å². The van der Waals surface area contributed by atoms with E-state index in [9.17, 15) is 9.90 Å². The van der Waals surface area contributed by atoms with Crippen LogP contribution in [0.15, 0.2) is 24.5 Å². The van der Waals surface area contributed by atoms with Crippen LogP contribution >= 0.6 is 0 Å². The van der Waals surface area contributed by atoms with Crippen LogP contribution in [0.5, 0.6) is 5.75 Å². The van der Waals surface area contributed by atoms with Crippen molar-refractivity contribution in [2.75, 3.05) is 19.6 Å². The number of nitrogens with zero attached hydrogens (tertiary/aromatic N) is 2. The van der Waals surface area contributed by atoms with Crippen LogP contribution in [0.3, 0.4) is 0 Å². The molecule has 106 valence electrons. The summed E-state index contributed by atoms with van der Waals surface area (Å²) in [5, 5.41) is 12.4. The lowest BCUT2D eigenvalue weighted by molar-refractivity contribution is -0.118. The van der Waals surface area contributed by atoms with Crippen molar-refractivity contribution in [3.8, 4) is 5.75 Å². The van der Waals surface area contributed by atoms with Crippen LogP contribution in [0.4, 0.5) is 0 Å². The van der Waals surface area contributed by atoms with E-state index < -0.39 is 0 Å². The molecule has 0 saturated carbocycles. The van der Waals surface area contributed by atoms with E-state index in [2.05, 4.69) is 15.2 Å². The second kappa shape index (κ2) is 5.63. The fourth-order valence-corrected chi connectivity index (χ4v) is 3.07. The first-order chi connectivity index (χ1) is 9.70. The highest BCUT2D eigenvalue weighted by molar-refractivity contribution is 5.91. The summed E-state index contributed by atoms with van der Waals surface area (Å²) in [5.41, 5.74) is 0.717. The van der Waals surface area contributed by atoms with Crippen LogP contribution in [0.1, 0.15) is 18.4 Å². The minimum atomic E-state index is -0.0768. The number of hydrogen-bond donors (Lipinski definition) is 2. The third kappa shape index (κ3) is 2.99. The van der Waals surface area contributed by atoms with E-state index >= 15 is 0 Å². The minimum absolute atomic E-state index is 0.0768. The zero-order chi connectivity index (χ0) is 13.9. The third-order valence-corrected chi connectivity index (χ3v) is 4.16. The highest BCUT2D eigenvalue weighted by atomic mass is 16.3. The summed E-state index contributed by atoms with van der Waals surface area (Å²) in [6.45, 7) is 3.31. The summed E-state index contributed by atoms with van der Waals surface area (Å²) in [6.07, 6.45) is 8.52. The number of rotatable bonds is 3. The Hall–Kier alpha value is -1.88. The second-order valence-electron chi connectivity index (χ2n) is 5.56. The van der Waals surface area contributed by atoms with Crippen molar-refractivity contribution in [2.24, 2.45) is 5.92 Å². The van der Waals surface area contributed by atoms with Gasteiger partial charge in [-0.2, -0.15) is 0 Å². The van der Waals surface area contributed by atoms with Crippen LogP contribution < -0.4 is 5.32 Å². The smallest absolute Gasteiger partial charge is 0.244 e. The molecule has 0 aliphatic carbocycles. The summed E-state index contributed by atoms with van der Waals surface area (Å²) in [4.78, 5) is 18.2. The van der Waals surface area contributed by atoms with Gasteiger partial charge >= 0.3 is 0 Å². The lowest BCUT2D eigenvalue weighted by Gasteiger charge is -2.44. The first kappa shape index (κ1) is 13.1. The number of aromatic hydroxyl groups is 1. The van der Waals surface area contributed by atoms with Crippen molar-refractivity contribution in [1.82, 2.24) is 15.2 Å². The highest BCUT2D eigenvalue weighted by Crippen LogP contribution is 2.27. The molecule has 1 aromatic rings. The summed E-state index contributed by atoms with van der Waals surface area (Å²) in [6, 6.07) is 1.85. The molecule has 5 nitrogen and oxygen atoms in total. The zero-order valence-corrected chi connectivity index (χ0v) is 11.3. The maximum atomic E-state index is 11.9. The largest absolute Gasteiger partial charge is 0.506 e. The quantitative estimate of drug-likeness (QED) is 0.807. The van der Waals surface area contributed by atoms with Gasteiger partial charge in [0.2, 0.25) is 5.91 Å². The molecule has 1 amide bonds.